The molecule has 1 amide bonds. The molecule has 1 aliphatic heterocycles. The van der Waals surface area contributed by atoms with Crippen LogP contribution in [0.15, 0.2) is 54.6 Å². The number of rotatable bonds is 6. The fraction of sp³-hybridized carbons (Fsp3) is 0.409. The van der Waals surface area contributed by atoms with Crippen LogP contribution in [-0.4, -0.2) is 48.4 Å². The molecule has 0 saturated carbocycles. The maximum Gasteiger partial charge on any atom is 0.238 e. The first-order valence-corrected chi connectivity index (χ1v) is 9.48. The SMILES string of the molecule is CC(C)c1ccc(NC(=O)CN2CCN(Cc3ccccc3)CC2)cc1. The average Bonchev–Trinajstić information content (AvgIpc) is 2.64. The molecule has 2 aromatic carbocycles. The minimum Gasteiger partial charge on any atom is -0.325 e. The van der Waals surface area contributed by atoms with E-state index in [1.165, 1.54) is 11.1 Å². The smallest absolute Gasteiger partial charge is 0.238 e. The molecule has 1 heterocycles. The van der Waals surface area contributed by atoms with Gasteiger partial charge in [-0.05, 0) is 29.2 Å². The lowest BCUT2D eigenvalue weighted by Gasteiger charge is -2.34. The predicted octanol–water partition coefficient (Wildman–Crippen LogP) is 3.57. The third-order valence-electron chi connectivity index (χ3n) is 4.94. The molecule has 0 bridgehead atoms. The van der Waals surface area contributed by atoms with E-state index in [1.54, 1.807) is 0 Å². The molecule has 0 aromatic heterocycles. The van der Waals surface area contributed by atoms with Gasteiger partial charge >= 0.3 is 0 Å². The van der Waals surface area contributed by atoms with Gasteiger partial charge in [-0.15, -0.1) is 0 Å². The van der Waals surface area contributed by atoms with E-state index >= 15 is 0 Å². The zero-order chi connectivity index (χ0) is 18.4. The van der Waals surface area contributed by atoms with Crippen LogP contribution in [0.4, 0.5) is 5.69 Å². The Morgan fingerprint density at radius 2 is 1.54 bits per heavy atom. The highest BCUT2D eigenvalue weighted by Crippen LogP contribution is 2.17. The molecule has 1 N–H and O–H groups in total. The fourth-order valence-electron chi connectivity index (χ4n) is 3.30. The van der Waals surface area contributed by atoms with Crippen molar-refractivity contribution in [1.82, 2.24) is 9.80 Å². The number of piperazine rings is 1. The second-order valence-corrected chi connectivity index (χ2v) is 7.36. The Morgan fingerprint density at radius 3 is 2.15 bits per heavy atom. The van der Waals surface area contributed by atoms with E-state index in [-0.39, 0.29) is 5.91 Å². The molecule has 3 rings (SSSR count). The summed E-state index contributed by atoms with van der Waals surface area (Å²) in [5, 5.41) is 3.01. The summed E-state index contributed by atoms with van der Waals surface area (Å²) in [6.45, 7) is 9.68. The number of nitrogens with one attached hydrogen (secondary N) is 1. The van der Waals surface area contributed by atoms with Crippen LogP contribution in [0.2, 0.25) is 0 Å². The van der Waals surface area contributed by atoms with Crippen molar-refractivity contribution in [2.75, 3.05) is 38.0 Å². The maximum atomic E-state index is 12.3. The average molecular weight is 351 g/mol. The molecule has 138 valence electrons. The van der Waals surface area contributed by atoms with Gasteiger partial charge in [0.1, 0.15) is 0 Å². The molecular weight excluding hydrogens is 322 g/mol. The van der Waals surface area contributed by atoms with Gasteiger partial charge in [-0.1, -0.05) is 56.3 Å². The molecular formula is C22H29N3O. The summed E-state index contributed by atoms with van der Waals surface area (Å²) in [4.78, 5) is 17.0. The molecule has 0 aliphatic carbocycles. The summed E-state index contributed by atoms with van der Waals surface area (Å²) < 4.78 is 0. The van der Waals surface area contributed by atoms with E-state index in [1.807, 2.05) is 12.1 Å². The molecule has 0 atom stereocenters. The van der Waals surface area contributed by atoms with Gasteiger partial charge in [0.05, 0.1) is 6.54 Å². The zero-order valence-corrected chi connectivity index (χ0v) is 15.8. The molecule has 1 aliphatic rings. The van der Waals surface area contributed by atoms with E-state index in [0.29, 0.717) is 12.5 Å². The van der Waals surface area contributed by atoms with Gasteiger partial charge in [-0.2, -0.15) is 0 Å². The first kappa shape index (κ1) is 18.6. The van der Waals surface area contributed by atoms with Crippen LogP contribution in [0.5, 0.6) is 0 Å². The molecule has 0 unspecified atom stereocenters. The minimum absolute atomic E-state index is 0.0683. The van der Waals surface area contributed by atoms with Gasteiger partial charge in [-0.25, -0.2) is 0 Å². The van der Waals surface area contributed by atoms with Crippen molar-refractivity contribution in [1.29, 1.82) is 0 Å². The lowest BCUT2D eigenvalue weighted by Crippen LogP contribution is -2.48. The lowest BCUT2D eigenvalue weighted by atomic mass is 10.0. The number of hydrogen-bond donors (Lipinski definition) is 1. The van der Waals surface area contributed by atoms with Crippen molar-refractivity contribution in [3.8, 4) is 0 Å². The van der Waals surface area contributed by atoms with E-state index < -0.39 is 0 Å². The second kappa shape index (κ2) is 8.97. The molecule has 1 fully saturated rings. The third-order valence-corrected chi connectivity index (χ3v) is 4.94. The summed E-state index contributed by atoms with van der Waals surface area (Å²) in [5.74, 6) is 0.575. The Balaban J connectivity index is 1.41. The number of carbonyl (C=O) groups excluding carboxylic acids is 1. The van der Waals surface area contributed by atoms with Gasteiger partial charge in [0, 0.05) is 38.4 Å². The van der Waals surface area contributed by atoms with E-state index in [2.05, 4.69) is 71.4 Å². The van der Waals surface area contributed by atoms with Crippen molar-refractivity contribution in [3.05, 3.63) is 65.7 Å². The van der Waals surface area contributed by atoms with Gasteiger partial charge in [0.2, 0.25) is 5.91 Å². The van der Waals surface area contributed by atoms with Gasteiger partial charge < -0.3 is 5.32 Å². The fourth-order valence-corrected chi connectivity index (χ4v) is 3.30. The Labute approximate surface area is 156 Å². The number of nitrogens with zero attached hydrogens (tertiary/aromatic N) is 2. The molecule has 4 nitrogen and oxygen atoms in total. The zero-order valence-electron chi connectivity index (χ0n) is 15.8. The highest BCUT2D eigenvalue weighted by Gasteiger charge is 2.19. The first-order chi connectivity index (χ1) is 12.6. The van der Waals surface area contributed by atoms with E-state index in [4.69, 9.17) is 0 Å². The predicted molar refractivity (Wildman–Crippen MR) is 107 cm³/mol. The topological polar surface area (TPSA) is 35.6 Å². The third kappa shape index (κ3) is 5.41. The first-order valence-electron chi connectivity index (χ1n) is 9.48. The van der Waals surface area contributed by atoms with Crippen LogP contribution < -0.4 is 5.32 Å². The monoisotopic (exact) mass is 351 g/mol. The summed E-state index contributed by atoms with van der Waals surface area (Å²) >= 11 is 0. The maximum absolute atomic E-state index is 12.3. The van der Waals surface area contributed by atoms with E-state index in [9.17, 15) is 4.79 Å². The summed E-state index contributed by atoms with van der Waals surface area (Å²) in [7, 11) is 0. The van der Waals surface area contributed by atoms with Crippen LogP contribution >= 0.6 is 0 Å². The number of hydrogen-bond acceptors (Lipinski definition) is 3. The molecule has 4 heteroatoms. The Bertz CT molecular complexity index is 689. The number of carbonyl (C=O) groups is 1. The minimum atomic E-state index is 0.0683. The van der Waals surface area contributed by atoms with E-state index in [0.717, 1.165) is 38.4 Å². The molecule has 26 heavy (non-hydrogen) atoms. The Kier molecular flexibility index (Phi) is 6.42. The van der Waals surface area contributed by atoms with Crippen LogP contribution in [0, 0.1) is 0 Å². The standard InChI is InChI=1S/C22H29N3O/c1-18(2)20-8-10-21(11-9-20)23-22(26)17-25-14-12-24(13-15-25)16-19-6-4-3-5-7-19/h3-11,18H,12-17H2,1-2H3,(H,23,26). The summed E-state index contributed by atoms with van der Waals surface area (Å²) in [6, 6.07) is 18.7. The Hall–Kier alpha value is -2.17. The van der Waals surface area contributed by atoms with Gasteiger partial charge in [-0.3, -0.25) is 14.6 Å². The largest absolute Gasteiger partial charge is 0.325 e. The molecule has 2 aromatic rings. The molecule has 1 saturated heterocycles. The highest BCUT2D eigenvalue weighted by atomic mass is 16.2. The lowest BCUT2D eigenvalue weighted by molar-refractivity contribution is -0.117. The highest BCUT2D eigenvalue weighted by molar-refractivity contribution is 5.92. The van der Waals surface area contributed by atoms with Crippen molar-refractivity contribution in [2.24, 2.45) is 0 Å². The molecule has 0 radical (unpaired) electrons. The summed E-state index contributed by atoms with van der Waals surface area (Å²) in [6.07, 6.45) is 0. The van der Waals surface area contributed by atoms with Gasteiger partial charge in [0.15, 0.2) is 0 Å². The number of amides is 1. The van der Waals surface area contributed by atoms with Crippen LogP contribution in [0.25, 0.3) is 0 Å². The van der Waals surface area contributed by atoms with Crippen LogP contribution in [0.3, 0.4) is 0 Å². The second-order valence-electron chi connectivity index (χ2n) is 7.36. The van der Waals surface area contributed by atoms with Crippen molar-refractivity contribution in [2.45, 2.75) is 26.3 Å². The van der Waals surface area contributed by atoms with Crippen LogP contribution in [0.1, 0.15) is 30.9 Å². The quantitative estimate of drug-likeness (QED) is 0.864. The van der Waals surface area contributed by atoms with Gasteiger partial charge in [0.25, 0.3) is 0 Å². The Morgan fingerprint density at radius 1 is 0.923 bits per heavy atom. The number of benzene rings is 2. The van der Waals surface area contributed by atoms with Crippen molar-refractivity contribution >= 4 is 11.6 Å². The van der Waals surface area contributed by atoms with Crippen LogP contribution in [-0.2, 0) is 11.3 Å². The summed E-state index contributed by atoms with van der Waals surface area (Å²) in [5.41, 5.74) is 3.52. The molecule has 0 spiro atoms. The number of anilines is 1. The van der Waals surface area contributed by atoms with Crippen molar-refractivity contribution in [3.63, 3.8) is 0 Å². The van der Waals surface area contributed by atoms with Crippen molar-refractivity contribution < 1.29 is 4.79 Å². The normalized spacial score (nSPS) is 16.0.